The van der Waals surface area contributed by atoms with Crippen molar-refractivity contribution in [1.29, 1.82) is 0 Å². The molecule has 0 saturated carbocycles. The zero-order valence-electron chi connectivity index (χ0n) is 28.2. The third-order valence-corrected chi connectivity index (χ3v) is 10.5. The summed E-state index contributed by atoms with van der Waals surface area (Å²) in [5, 5.41) is 6.20. The third kappa shape index (κ3) is 9.06. The van der Waals surface area contributed by atoms with E-state index in [0.717, 1.165) is 33.4 Å². The Kier molecular flexibility index (Phi) is 12.1. The number of anilines is 2. The molecule has 0 aliphatic carbocycles. The molecule has 2 atom stereocenters. The van der Waals surface area contributed by atoms with Gasteiger partial charge in [-0.1, -0.05) is 0 Å². The molecule has 254 valence electrons. The zero-order valence-corrected chi connectivity index (χ0v) is 31.1. The number of rotatable bonds is 11. The Bertz CT molecular complexity index is 1720. The van der Waals surface area contributed by atoms with Crippen LogP contribution in [0.15, 0.2) is 66.7 Å². The summed E-state index contributed by atoms with van der Waals surface area (Å²) in [6.45, 7) is 14.8. The van der Waals surface area contributed by atoms with Crippen molar-refractivity contribution in [2.75, 3.05) is 10.6 Å². The van der Waals surface area contributed by atoms with E-state index in [2.05, 4.69) is 10.6 Å². The number of carbonyl (C=O) groups excluding carboxylic acids is 3. The van der Waals surface area contributed by atoms with Crippen LogP contribution in [0, 0.1) is 45.1 Å². The molecule has 4 aromatic rings. The maximum atomic E-state index is 13.3. The van der Waals surface area contributed by atoms with Gasteiger partial charge in [-0.2, -0.15) is 0 Å². The van der Waals surface area contributed by atoms with Gasteiger partial charge in [-0.25, -0.2) is 0 Å². The van der Waals surface area contributed by atoms with Crippen LogP contribution in [0.1, 0.15) is 57.6 Å². The van der Waals surface area contributed by atoms with Gasteiger partial charge in [0.05, 0.1) is 0 Å². The summed E-state index contributed by atoms with van der Waals surface area (Å²) >= 11 is 2.19. The normalized spacial score (nSPS) is 12.4. The van der Waals surface area contributed by atoms with Gasteiger partial charge in [0, 0.05) is 0 Å². The minimum absolute atomic E-state index is 0.0711. The Morgan fingerprint density at radius 1 is 0.688 bits per heavy atom. The van der Waals surface area contributed by atoms with Crippen molar-refractivity contribution in [2.45, 2.75) is 67.6 Å². The van der Waals surface area contributed by atoms with E-state index in [1.165, 1.54) is 12.1 Å². The molecule has 0 bridgehead atoms. The molecule has 4 aromatic carbocycles. The van der Waals surface area contributed by atoms with E-state index in [9.17, 15) is 17.8 Å². The van der Waals surface area contributed by atoms with Crippen molar-refractivity contribution in [1.82, 2.24) is 0 Å². The maximum absolute atomic E-state index is 13.3. The molecule has 0 aliphatic rings. The molecule has 0 aromatic heterocycles. The summed E-state index contributed by atoms with van der Waals surface area (Å²) in [7, 11) is 0. The predicted octanol–water partition coefficient (Wildman–Crippen LogP) is 8.36. The van der Waals surface area contributed by atoms with Gasteiger partial charge in [0.15, 0.2) is 0 Å². The fourth-order valence-corrected chi connectivity index (χ4v) is 7.86. The van der Waals surface area contributed by atoms with Crippen molar-refractivity contribution >= 4 is 61.4 Å². The summed E-state index contributed by atoms with van der Waals surface area (Å²) in [4.78, 5) is 39.7. The van der Waals surface area contributed by atoms with Crippen molar-refractivity contribution in [3.05, 3.63) is 114 Å². The predicted molar refractivity (Wildman–Crippen MR) is 197 cm³/mol. The molecule has 48 heavy (non-hydrogen) atoms. The summed E-state index contributed by atoms with van der Waals surface area (Å²) < 4.78 is 29.3. The molecular formula is C37H40ClIN2O7. The molecule has 11 heteroatoms. The average Bonchev–Trinajstić information content (AvgIpc) is 3.00. The van der Waals surface area contributed by atoms with E-state index < -0.39 is 50.6 Å². The number of hydrogen-bond donors (Lipinski definition) is 3. The molecule has 2 amide bonds. The van der Waals surface area contributed by atoms with Gasteiger partial charge in [-0.05, 0) is 0 Å². The van der Waals surface area contributed by atoms with E-state index in [0.29, 0.717) is 16.4 Å². The van der Waals surface area contributed by atoms with Gasteiger partial charge in [0.1, 0.15) is 0 Å². The molecule has 0 unspecified atom stereocenters. The van der Waals surface area contributed by atoms with Crippen molar-refractivity contribution in [3.63, 3.8) is 0 Å². The number of hydrogen-bond acceptors (Lipinski definition) is 7. The first-order chi connectivity index (χ1) is 22.6. The van der Waals surface area contributed by atoms with Crippen LogP contribution in [0.5, 0.6) is 11.5 Å². The summed E-state index contributed by atoms with van der Waals surface area (Å²) in [6, 6.07) is 18.7. The summed E-state index contributed by atoms with van der Waals surface area (Å²) in [5.41, 5.74) is 7.29. The molecular weight excluding hydrogens is 747 g/mol. The number of nitrogens with one attached hydrogen (secondary N) is 2. The first kappa shape index (κ1) is 36.7. The number of carbonyl (C=O) groups is 3. The Balaban J connectivity index is 1.63. The van der Waals surface area contributed by atoms with Gasteiger partial charge in [-0.3, -0.25) is 0 Å². The van der Waals surface area contributed by atoms with Crippen LogP contribution in [-0.2, 0) is 12.7 Å². The van der Waals surface area contributed by atoms with Crippen molar-refractivity contribution in [3.8, 4) is 11.5 Å². The Morgan fingerprint density at radius 3 is 1.52 bits per heavy atom. The van der Waals surface area contributed by atoms with Crippen molar-refractivity contribution in [2.24, 2.45) is 0 Å². The first-order valence-electron chi connectivity index (χ1n) is 15.3. The molecule has 9 nitrogen and oxygen atoms in total. The van der Waals surface area contributed by atoms with E-state index >= 15 is 0 Å². The first-order valence-corrected chi connectivity index (χ1v) is 18.6. The SMILES string of the molecule is Cc1cc(C)c(NC(=O)[C@@H](C)Oc2cccc(O[C@H](C)C(=O)Nc3c(C)cc(C)cc3C)c2I(O)OC(=O)c2cccc(Cl)c2)c(C)c1. The zero-order chi connectivity index (χ0) is 35.3. The van der Waals surface area contributed by atoms with Gasteiger partial charge >= 0.3 is 296 Å². The van der Waals surface area contributed by atoms with E-state index in [4.69, 9.17) is 24.1 Å². The van der Waals surface area contributed by atoms with Crippen LogP contribution >= 0.6 is 32.3 Å². The fourth-order valence-electron chi connectivity index (χ4n) is 5.29. The molecule has 0 saturated heterocycles. The molecule has 3 N–H and O–H groups in total. The Hall–Kier alpha value is -4.13. The second-order valence-corrected chi connectivity index (χ2v) is 15.0. The average molecular weight is 787 g/mol. The van der Waals surface area contributed by atoms with Gasteiger partial charge in [0.25, 0.3) is 0 Å². The molecule has 0 radical (unpaired) electrons. The topological polar surface area (TPSA) is 123 Å². The molecule has 0 heterocycles. The van der Waals surface area contributed by atoms with Crippen LogP contribution < -0.4 is 20.1 Å². The number of benzene rings is 4. The molecule has 0 fully saturated rings. The molecule has 4 rings (SSSR count). The van der Waals surface area contributed by atoms with E-state index in [-0.39, 0.29) is 20.6 Å². The van der Waals surface area contributed by atoms with Crippen LogP contribution in [-0.4, -0.2) is 33.4 Å². The summed E-state index contributed by atoms with van der Waals surface area (Å²) in [5.74, 6) is -1.48. The molecule has 0 aliphatic heterocycles. The number of aryl methyl sites for hydroxylation is 6. The fraction of sp³-hybridized carbons (Fsp3) is 0.270. The van der Waals surface area contributed by atoms with Crippen LogP contribution in [0.2, 0.25) is 5.02 Å². The van der Waals surface area contributed by atoms with Gasteiger partial charge in [-0.15, -0.1) is 0 Å². The van der Waals surface area contributed by atoms with Gasteiger partial charge in [0.2, 0.25) is 0 Å². The molecule has 0 spiro atoms. The van der Waals surface area contributed by atoms with Crippen LogP contribution in [0.3, 0.4) is 0 Å². The quantitative estimate of drug-likeness (QED) is 0.131. The van der Waals surface area contributed by atoms with E-state index in [1.54, 1.807) is 44.2 Å². The Morgan fingerprint density at radius 2 is 1.10 bits per heavy atom. The second kappa shape index (κ2) is 15.8. The number of halogens is 2. The van der Waals surface area contributed by atoms with Crippen LogP contribution in [0.4, 0.5) is 11.4 Å². The summed E-state index contributed by atoms with van der Waals surface area (Å²) in [6.07, 6.45) is -2.06. The van der Waals surface area contributed by atoms with Crippen LogP contribution in [0.25, 0.3) is 0 Å². The van der Waals surface area contributed by atoms with Crippen molar-refractivity contribution < 1.29 is 30.4 Å². The third-order valence-electron chi connectivity index (χ3n) is 7.49. The number of amides is 2. The standard InChI is InChI=1S/C37H40ClIN2O7/c1-20-15-22(3)33(23(4)16-20)40-35(42)26(7)46-30-13-10-14-31(32(30)39(45)48-37(44)28-11-9-12-29(38)19-28)47-27(8)36(43)41-34-24(5)17-21(2)18-25(34)6/h9-19,26-27,45H,1-8H3,(H,40,42)(H,41,43)/t26-,27-/m1/s1. The second-order valence-electron chi connectivity index (χ2n) is 11.7. The monoisotopic (exact) mass is 786 g/mol. The minimum atomic E-state index is -3.87. The van der Waals surface area contributed by atoms with E-state index in [1.807, 2.05) is 65.8 Å². The Labute approximate surface area is 294 Å². The number of ether oxygens (including phenoxy) is 2. The van der Waals surface area contributed by atoms with Gasteiger partial charge < -0.3 is 0 Å².